The van der Waals surface area contributed by atoms with E-state index in [4.69, 9.17) is 4.74 Å². The van der Waals surface area contributed by atoms with Gasteiger partial charge in [-0.1, -0.05) is 83.9 Å². The van der Waals surface area contributed by atoms with Crippen molar-refractivity contribution in [1.82, 2.24) is 0 Å². The molecule has 5 heteroatoms. The summed E-state index contributed by atoms with van der Waals surface area (Å²) in [5.74, 6) is -9.88. The fourth-order valence-electron chi connectivity index (χ4n) is 3.54. The maximum Gasteiger partial charge on any atom is 0.370 e. The van der Waals surface area contributed by atoms with Crippen LogP contribution in [-0.2, 0) is 11.3 Å². The van der Waals surface area contributed by atoms with Crippen LogP contribution in [-0.4, -0.2) is 11.8 Å². The lowest BCUT2D eigenvalue weighted by Crippen LogP contribution is -2.45. The fourth-order valence-corrected chi connectivity index (χ4v) is 3.54. The molecule has 0 aliphatic heterocycles. The van der Waals surface area contributed by atoms with E-state index < -0.39 is 23.2 Å². The van der Waals surface area contributed by atoms with Crippen LogP contribution in [0.25, 0.3) is 16.7 Å². The molecule has 3 aromatic rings. The Morgan fingerprint density at radius 1 is 0.594 bits per heavy atom. The molecule has 0 aromatic heterocycles. The van der Waals surface area contributed by atoms with E-state index in [0.29, 0.717) is 5.56 Å². The Morgan fingerprint density at radius 3 is 1.59 bits per heavy atom. The van der Waals surface area contributed by atoms with Crippen molar-refractivity contribution in [3.05, 3.63) is 113 Å². The van der Waals surface area contributed by atoms with E-state index >= 15 is 0 Å². The van der Waals surface area contributed by atoms with Gasteiger partial charge in [0.05, 0.1) is 0 Å². The highest BCUT2D eigenvalue weighted by atomic mass is 19.3. The first kappa shape index (κ1) is 21.9. The first-order valence-corrected chi connectivity index (χ1v) is 10.2. The first-order chi connectivity index (χ1) is 15.2. The van der Waals surface area contributed by atoms with Gasteiger partial charge in [0.2, 0.25) is 0 Å². The maximum absolute atomic E-state index is 14.7. The predicted octanol–water partition coefficient (Wildman–Crippen LogP) is 7.74. The van der Waals surface area contributed by atoms with Crippen LogP contribution in [0.5, 0.6) is 0 Å². The van der Waals surface area contributed by atoms with Crippen LogP contribution in [0.4, 0.5) is 17.6 Å². The molecule has 0 N–H and O–H groups in total. The van der Waals surface area contributed by atoms with E-state index in [1.54, 1.807) is 31.2 Å². The fraction of sp³-hybridized carbons (Fsp3) is 0.185. The Morgan fingerprint density at radius 2 is 1.06 bits per heavy atom. The molecule has 0 heterocycles. The normalized spacial score (nSPS) is 16.8. The molecular formula is C27H22F4O. The average Bonchev–Trinajstić information content (AvgIpc) is 2.77. The van der Waals surface area contributed by atoms with Crippen molar-refractivity contribution in [2.75, 3.05) is 0 Å². The van der Waals surface area contributed by atoms with Gasteiger partial charge in [0, 0.05) is 5.57 Å². The first-order valence-electron chi connectivity index (χ1n) is 10.2. The van der Waals surface area contributed by atoms with Crippen LogP contribution < -0.4 is 0 Å². The van der Waals surface area contributed by atoms with Gasteiger partial charge in [-0.05, 0) is 48.3 Å². The van der Waals surface area contributed by atoms with Gasteiger partial charge in [0.15, 0.2) is 5.76 Å². The van der Waals surface area contributed by atoms with Crippen molar-refractivity contribution in [3.8, 4) is 11.1 Å². The van der Waals surface area contributed by atoms with Crippen molar-refractivity contribution in [1.29, 1.82) is 0 Å². The molecule has 1 aliphatic rings. The lowest BCUT2D eigenvalue weighted by atomic mass is 9.89. The molecule has 1 aliphatic carbocycles. The zero-order valence-electron chi connectivity index (χ0n) is 17.7. The van der Waals surface area contributed by atoms with E-state index in [1.165, 1.54) is 12.1 Å². The maximum atomic E-state index is 14.7. The van der Waals surface area contributed by atoms with Crippen LogP contribution in [0.1, 0.15) is 22.3 Å². The molecule has 0 radical (unpaired) electrons. The standard InChI is InChI=1S/C27H22F4O/c1-18-3-9-21(10-4-18)22-13-7-20(8-14-22)17-32-25-16-15-24(26(28,29)27(25,30)31)23-11-5-19(2)6-12-23/h3-16H,17H2,1-2H3. The molecule has 164 valence electrons. The van der Waals surface area contributed by atoms with E-state index in [1.807, 2.05) is 43.3 Å². The third-order valence-corrected chi connectivity index (χ3v) is 5.54. The van der Waals surface area contributed by atoms with Crippen LogP contribution in [0.15, 0.2) is 90.7 Å². The third-order valence-electron chi connectivity index (χ3n) is 5.54. The Kier molecular flexibility index (Phi) is 5.68. The van der Waals surface area contributed by atoms with Gasteiger partial charge in [-0.3, -0.25) is 0 Å². The second-order valence-corrected chi connectivity index (χ2v) is 7.98. The van der Waals surface area contributed by atoms with Gasteiger partial charge in [-0.2, -0.15) is 17.6 Å². The average molecular weight is 438 g/mol. The quantitative estimate of drug-likeness (QED) is 0.370. The molecule has 0 saturated carbocycles. The summed E-state index contributed by atoms with van der Waals surface area (Å²) in [6.45, 7) is 3.56. The number of allylic oxidation sites excluding steroid dienone is 4. The lowest BCUT2D eigenvalue weighted by Gasteiger charge is -2.33. The molecule has 0 fully saturated rings. The zero-order valence-corrected chi connectivity index (χ0v) is 17.7. The summed E-state index contributed by atoms with van der Waals surface area (Å²) in [4.78, 5) is 0. The zero-order chi connectivity index (χ0) is 22.9. The van der Waals surface area contributed by atoms with Crippen LogP contribution >= 0.6 is 0 Å². The minimum Gasteiger partial charge on any atom is -0.487 e. The molecular weight excluding hydrogens is 416 g/mol. The van der Waals surface area contributed by atoms with Crippen molar-refractivity contribution in [3.63, 3.8) is 0 Å². The minimum absolute atomic E-state index is 0.0577. The summed E-state index contributed by atoms with van der Waals surface area (Å²) in [7, 11) is 0. The van der Waals surface area contributed by atoms with E-state index in [0.717, 1.165) is 34.4 Å². The number of aryl methyl sites for hydroxylation is 2. The molecule has 3 aromatic carbocycles. The molecule has 0 spiro atoms. The van der Waals surface area contributed by atoms with Crippen molar-refractivity contribution in [2.45, 2.75) is 32.3 Å². The van der Waals surface area contributed by atoms with E-state index in [-0.39, 0.29) is 12.2 Å². The Bertz CT molecular complexity index is 1160. The number of ether oxygens (including phenoxy) is 1. The van der Waals surface area contributed by atoms with Gasteiger partial charge < -0.3 is 4.74 Å². The summed E-state index contributed by atoms with van der Waals surface area (Å²) in [5, 5.41) is 0. The SMILES string of the molecule is Cc1ccc(C2=CC=C(OCc3ccc(-c4ccc(C)cc4)cc3)C(F)(F)C2(F)F)cc1. The molecule has 0 saturated heterocycles. The van der Waals surface area contributed by atoms with Gasteiger partial charge >= 0.3 is 11.8 Å². The van der Waals surface area contributed by atoms with E-state index in [9.17, 15) is 17.6 Å². The number of alkyl halides is 4. The number of rotatable bonds is 5. The number of benzene rings is 3. The highest BCUT2D eigenvalue weighted by Gasteiger charge is 2.63. The van der Waals surface area contributed by atoms with Gasteiger partial charge in [0.1, 0.15) is 6.61 Å². The number of halogens is 4. The summed E-state index contributed by atoms with van der Waals surface area (Å²) < 4.78 is 64.0. The smallest absolute Gasteiger partial charge is 0.370 e. The van der Waals surface area contributed by atoms with Crippen LogP contribution in [0.2, 0.25) is 0 Å². The second-order valence-electron chi connectivity index (χ2n) is 7.98. The summed E-state index contributed by atoms with van der Waals surface area (Å²) >= 11 is 0. The molecule has 0 amide bonds. The topological polar surface area (TPSA) is 9.23 Å². The van der Waals surface area contributed by atoms with Crippen molar-refractivity contribution >= 4 is 5.57 Å². The highest BCUT2D eigenvalue weighted by molar-refractivity contribution is 5.75. The Labute approximate surface area is 184 Å². The third kappa shape index (κ3) is 4.07. The second kappa shape index (κ2) is 8.30. The molecule has 0 atom stereocenters. The summed E-state index contributed by atoms with van der Waals surface area (Å²) in [6.07, 6.45) is 1.95. The molecule has 0 bridgehead atoms. The molecule has 4 rings (SSSR count). The van der Waals surface area contributed by atoms with Gasteiger partial charge in [-0.25, -0.2) is 0 Å². The summed E-state index contributed by atoms with van der Waals surface area (Å²) in [5.41, 5.74) is 3.94. The van der Waals surface area contributed by atoms with Crippen LogP contribution in [0, 0.1) is 13.8 Å². The largest absolute Gasteiger partial charge is 0.487 e. The monoisotopic (exact) mass is 438 g/mol. The summed E-state index contributed by atoms with van der Waals surface area (Å²) in [6, 6.07) is 21.2. The molecule has 32 heavy (non-hydrogen) atoms. The molecule has 0 unspecified atom stereocenters. The predicted molar refractivity (Wildman–Crippen MR) is 119 cm³/mol. The van der Waals surface area contributed by atoms with E-state index in [2.05, 4.69) is 0 Å². The van der Waals surface area contributed by atoms with Gasteiger partial charge in [-0.15, -0.1) is 0 Å². The van der Waals surface area contributed by atoms with Gasteiger partial charge in [0.25, 0.3) is 0 Å². The minimum atomic E-state index is -4.45. The van der Waals surface area contributed by atoms with Crippen molar-refractivity contribution in [2.24, 2.45) is 0 Å². The molecule has 1 nitrogen and oxygen atoms in total. The number of hydrogen-bond donors (Lipinski definition) is 0. The lowest BCUT2D eigenvalue weighted by molar-refractivity contribution is -0.173. The Balaban J connectivity index is 1.52. The van der Waals surface area contributed by atoms with Crippen LogP contribution in [0.3, 0.4) is 0 Å². The number of hydrogen-bond acceptors (Lipinski definition) is 1. The highest BCUT2D eigenvalue weighted by Crippen LogP contribution is 2.51. The Hall–Kier alpha value is -3.34. The van der Waals surface area contributed by atoms with Crippen molar-refractivity contribution < 1.29 is 22.3 Å².